The smallest absolute Gasteiger partial charge is 0.253 e. The molecule has 2 aliphatic heterocycles. The van der Waals surface area contributed by atoms with Gasteiger partial charge in [-0.2, -0.15) is 4.31 Å². The highest BCUT2D eigenvalue weighted by atomic mass is 32.2. The van der Waals surface area contributed by atoms with Gasteiger partial charge in [0.1, 0.15) is 6.10 Å². The van der Waals surface area contributed by atoms with Gasteiger partial charge < -0.3 is 10.1 Å². The number of nitrogens with zero attached hydrogens (tertiary/aromatic N) is 1. The number of nitrogens with one attached hydrogen (secondary N) is 1. The molecule has 1 N–H and O–H groups in total. The summed E-state index contributed by atoms with van der Waals surface area (Å²) in [6.07, 6.45) is 4.96. The first-order valence-corrected chi connectivity index (χ1v) is 10.5. The zero-order chi connectivity index (χ0) is 17.9. The van der Waals surface area contributed by atoms with Crippen molar-refractivity contribution in [3.63, 3.8) is 0 Å². The predicted molar refractivity (Wildman–Crippen MR) is 95.9 cm³/mol. The second kappa shape index (κ2) is 7.85. The van der Waals surface area contributed by atoms with Crippen LogP contribution in [0.5, 0.6) is 0 Å². The molecule has 0 aromatic heterocycles. The number of piperidine rings is 1. The third kappa shape index (κ3) is 4.04. The van der Waals surface area contributed by atoms with Crippen molar-refractivity contribution in [3.8, 4) is 0 Å². The summed E-state index contributed by atoms with van der Waals surface area (Å²) in [6.45, 7) is 3.23. The maximum absolute atomic E-state index is 12.9. The van der Waals surface area contributed by atoms with Crippen LogP contribution in [0.2, 0.25) is 0 Å². The van der Waals surface area contributed by atoms with Crippen LogP contribution >= 0.6 is 0 Å². The fourth-order valence-corrected chi connectivity index (χ4v) is 5.32. The molecular weight excluding hydrogens is 340 g/mol. The fourth-order valence-electron chi connectivity index (χ4n) is 3.55. The molecule has 25 heavy (non-hydrogen) atoms. The highest BCUT2D eigenvalue weighted by Crippen LogP contribution is 2.27. The number of carbonyl (C=O) groups is 1. The summed E-state index contributed by atoms with van der Waals surface area (Å²) in [5.41, 5.74) is 0.588. The molecule has 1 aromatic carbocycles. The summed E-state index contributed by atoms with van der Waals surface area (Å²) in [7, 11) is -3.49. The van der Waals surface area contributed by atoms with Crippen molar-refractivity contribution in [1.29, 1.82) is 0 Å². The number of sulfonamides is 1. The summed E-state index contributed by atoms with van der Waals surface area (Å²) in [5.74, 6) is -0.171. The molecule has 2 atom stereocenters. The Labute approximate surface area is 149 Å². The number of anilines is 1. The van der Waals surface area contributed by atoms with Gasteiger partial charge >= 0.3 is 0 Å². The van der Waals surface area contributed by atoms with Gasteiger partial charge in [-0.05, 0) is 56.4 Å². The van der Waals surface area contributed by atoms with E-state index < -0.39 is 16.1 Å². The summed E-state index contributed by atoms with van der Waals surface area (Å²) in [5, 5.41) is 2.79. The Balaban J connectivity index is 1.71. The maximum Gasteiger partial charge on any atom is 0.253 e. The fraction of sp³-hybridized carbons (Fsp3) is 0.611. The molecule has 2 saturated heterocycles. The van der Waals surface area contributed by atoms with Crippen molar-refractivity contribution >= 4 is 21.6 Å². The summed E-state index contributed by atoms with van der Waals surface area (Å²) in [4.78, 5) is 12.3. The lowest BCUT2D eigenvalue weighted by Gasteiger charge is -2.34. The van der Waals surface area contributed by atoms with Crippen molar-refractivity contribution in [2.24, 2.45) is 0 Å². The lowest BCUT2D eigenvalue weighted by molar-refractivity contribution is -0.124. The number of hydrogen-bond acceptors (Lipinski definition) is 4. The van der Waals surface area contributed by atoms with Crippen LogP contribution < -0.4 is 5.32 Å². The second-order valence-corrected chi connectivity index (χ2v) is 8.58. The lowest BCUT2D eigenvalue weighted by atomic mass is 10.0. The van der Waals surface area contributed by atoms with E-state index in [1.807, 2.05) is 6.92 Å². The summed E-state index contributed by atoms with van der Waals surface area (Å²) < 4.78 is 32.8. The number of rotatable bonds is 5. The third-order valence-corrected chi connectivity index (χ3v) is 6.96. The standard InChI is InChI=1S/C18H26N2O4S/c1-2-15-6-3-4-12-20(15)25(22,23)16-10-8-14(9-11-16)19-18(21)17-7-5-13-24-17/h8-11,15,17H,2-7,12-13H2,1H3,(H,19,21)/t15-,17+/m1/s1. The van der Waals surface area contributed by atoms with Crippen molar-refractivity contribution in [2.75, 3.05) is 18.5 Å². The van der Waals surface area contributed by atoms with Gasteiger partial charge in [-0.3, -0.25) is 4.79 Å². The largest absolute Gasteiger partial charge is 0.368 e. The van der Waals surface area contributed by atoms with Crippen LogP contribution in [0.3, 0.4) is 0 Å². The van der Waals surface area contributed by atoms with Crippen molar-refractivity contribution in [2.45, 2.75) is 62.5 Å². The quantitative estimate of drug-likeness (QED) is 0.869. The molecule has 1 amide bonds. The van der Waals surface area contributed by atoms with Crippen LogP contribution in [0.15, 0.2) is 29.2 Å². The Hall–Kier alpha value is -1.44. The monoisotopic (exact) mass is 366 g/mol. The van der Waals surface area contributed by atoms with Gasteiger partial charge in [0, 0.05) is 24.9 Å². The highest BCUT2D eigenvalue weighted by Gasteiger charge is 2.32. The Bertz CT molecular complexity index is 696. The Morgan fingerprint density at radius 2 is 1.96 bits per heavy atom. The molecule has 2 heterocycles. The van der Waals surface area contributed by atoms with E-state index in [-0.39, 0.29) is 16.8 Å². The van der Waals surface area contributed by atoms with Gasteiger partial charge in [-0.15, -0.1) is 0 Å². The number of amides is 1. The first-order chi connectivity index (χ1) is 12.0. The van der Waals surface area contributed by atoms with Crippen molar-refractivity contribution < 1.29 is 17.9 Å². The van der Waals surface area contributed by atoms with Crippen LogP contribution in [0.25, 0.3) is 0 Å². The van der Waals surface area contributed by atoms with E-state index in [1.165, 1.54) is 0 Å². The first kappa shape index (κ1) is 18.4. The zero-order valence-electron chi connectivity index (χ0n) is 14.6. The Morgan fingerprint density at radius 1 is 1.20 bits per heavy atom. The van der Waals surface area contributed by atoms with E-state index in [0.29, 0.717) is 18.8 Å². The molecule has 3 rings (SSSR count). The van der Waals surface area contributed by atoms with Gasteiger partial charge in [-0.1, -0.05) is 13.3 Å². The van der Waals surface area contributed by atoms with Crippen LogP contribution in [-0.4, -0.2) is 43.9 Å². The highest BCUT2D eigenvalue weighted by molar-refractivity contribution is 7.89. The van der Waals surface area contributed by atoms with Gasteiger partial charge in [-0.25, -0.2) is 8.42 Å². The van der Waals surface area contributed by atoms with E-state index in [9.17, 15) is 13.2 Å². The molecule has 0 saturated carbocycles. The minimum Gasteiger partial charge on any atom is -0.368 e. The number of hydrogen-bond donors (Lipinski definition) is 1. The number of benzene rings is 1. The maximum atomic E-state index is 12.9. The van der Waals surface area contributed by atoms with E-state index in [4.69, 9.17) is 4.74 Å². The molecular formula is C18H26N2O4S. The van der Waals surface area contributed by atoms with Crippen LogP contribution in [0, 0.1) is 0 Å². The average Bonchev–Trinajstić information content (AvgIpc) is 3.17. The number of carbonyl (C=O) groups excluding carboxylic acids is 1. The topological polar surface area (TPSA) is 75.7 Å². The molecule has 0 radical (unpaired) electrons. The van der Waals surface area contributed by atoms with Crippen LogP contribution in [-0.2, 0) is 19.6 Å². The first-order valence-electron chi connectivity index (χ1n) is 9.06. The van der Waals surface area contributed by atoms with Crippen molar-refractivity contribution in [1.82, 2.24) is 4.31 Å². The molecule has 2 fully saturated rings. The molecule has 0 spiro atoms. The molecule has 2 aliphatic rings. The van der Waals surface area contributed by atoms with E-state index in [1.54, 1.807) is 28.6 Å². The normalized spacial score (nSPS) is 25.0. The molecule has 138 valence electrons. The lowest BCUT2D eigenvalue weighted by Crippen LogP contribution is -2.43. The van der Waals surface area contributed by atoms with E-state index in [2.05, 4.69) is 5.32 Å². The Kier molecular flexibility index (Phi) is 5.76. The molecule has 0 bridgehead atoms. The van der Waals surface area contributed by atoms with Gasteiger partial charge in [0.15, 0.2) is 0 Å². The van der Waals surface area contributed by atoms with Gasteiger partial charge in [0.2, 0.25) is 10.0 Å². The molecule has 1 aromatic rings. The van der Waals surface area contributed by atoms with Crippen LogP contribution in [0.4, 0.5) is 5.69 Å². The average molecular weight is 366 g/mol. The second-order valence-electron chi connectivity index (χ2n) is 6.69. The minimum atomic E-state index is -3.49. The van der Waals surface area contributed by atoms with Crippen molar-refractivity contribution in [3.05, 3.63) is 24.3 Å². The molecule has 7 heteroatoms. The zero-order valence-corrected chi connectivity index (χ0v) is 15.4. The SMILES string of the molecule is CC[C@@H]1CCCCN1S(=O)(=O)c1ccc(NC(=O)[C@@H]2CCCO2)cc1. The molecule has 0 aliphatic carbocycles. The van der Waals surface area contributed by atoms with Crippen LogP contribution in [0.1, 0.15) is 45.4 Å². The van der Waals surface area contributed by atoms with Gasteiger partial charge in [0.25, 0.3) is 5.91 Å². The van der Waals surface area contributed by atoms with Gasteiger partial charge in [0.05, 0.1) is 4.90 Å². The van der Waals surface area contributed by atoms with E-state index >= 15 is 0 Å². The molecule has 0 unspecified atom stereocenters. The number of ether oxygens (including phenoxy) is 1. The van der Waals surface area contributed by atoms with E-state index in [0.717, 1.165) is 38.5 Å². The summed E-state index contributed by atoms with van der Waals surface area (Å²) >= 11 is 0. The minimum absolute atomic E-state index is 0.0812. The predicted octanol–water partition coefficient (Wildman–Crippen LogP) is 2.76. The summed E-state index contributed by atoms with van der Waals surface area (Å²) in [6, 6.07) is 6.51. The molecule has 6 nitrogen and oxygen atoms in total. The third-order valence-electron chi connectivity index (χ3n) is 4.99. The Morgan fingerprint density at radius 3 is 2.60 bits per heavy atom.